The van der Waals surface area contributed by atoms with E-state index in [0.717, 1.165) is 5.56 Å². The van der Waals surface area contributed by atoms with Crippen molar-refractivity contribution in [3.05, 3.63) is 29.8 Å². The lowest BCUT2D eigenvalue weighted by atomic mass is 10.1. The Morgan fingerprint density at radius 1 is 0.818 bits per heavy atom. The molecule has 33 heavy (non-hydrogen) atoms. The van der Waals surface area contributed by atoms with E-state index >= 15 is 0 Å². The highest BCUT2D eigenvalue weighted by molar-refractivity contribution is 7.89. The van der Waals surface area contributed by atoms with Crippen LogP contribution in [0.4, 0.5) is 0 Å². The predicted octanol–water partition coefficient (Wildman–Crippen LogP) is -0.725. The number of carbonyl (C=O) groups is 2. The Morgan fingerprint density at radius 3 is 1.58 bits per heavy atom. The molecule has 0 saturated carbocycles. The molecule has 0 aromatic heterocycles. The van der Waals surface area contributed by atoms with Crippen molar-refractivity contribution >= 4 is 22.0 Å². The number of hydrogen-bond acceptors (Lipinski definition) is 8. The second kappa shape index (κ2) is 12.4. The molecule has 1 aliphatic rings. The molecule has 0 spiro atoms. The fourth-order valence-corrected chi connectivity index (χ4v) is 5.39. The Kier molecular flexibility index (Phi) is 10.2. The van der Waals surface area contributed by atoms with Crippen LogP contribution in [-0.4, -0.2) is 119 Å². The van der Waals surface area contributed by atoms with Gasteiger partial charge in [-0.15, -0.1) is 0 Å². The fraction of sp³-hybridized carbons (Fsp3) is 0.619. The van der Waals surface area contributed by atoms with Crippen molar-refractivity contribution in [1.82, 2.24) is 14.1 Å². The van der Waals surface area contributed by atoms with Crippen LogP contribution in [0, 0.1) is 6.92 Å². The third-order valence-electron chi connectivity index (χ3n) is 5.86. The lowest BCUT2D eigenvalue weighted by Crippen LogP contribution is -2.49. The second-order valence-electron chi connectivity index (χ2n) is 8.02. The monoisotopic (exact) mass is 487 g/mol. The Bertz CT molecular complexity index is 857. The number of nitrogens with zero attached hydrogens (tertiary/aromatic N) is 3. The van der Waals surface area contributed by atoms with Crippen LogP contribution in [0.2, 0.25) is 0 Å². The molecule has 2 rings (SSSR count). The molecule has 186 valence electrons. The normalized spacial score (nSPS) is 19.2. The van der Waals surface area contributed by atoms with Crippen LogP contribution in [0.5, 0.6) is 0 Å². The molecule has 0 amide bonds. The van der Waals surface area contributed by atoms with E-state index < -0.39 is 34.0 Å². The summed E-state index contributed by atoms with van der Waals surface area (Å²) in [6.07, 6.45) is -0.0852. The van der Waals surface area contributed by atoms with Gasteiger partial charge in [-0.05, 0) is 31.9 Å². The van der Waals surface area contributed by atoms with Crippen LogP contribution in [0.3, 0.4) is 0 Å². The van der Waals surface area contributed by atoms with Gasteiger partial charge in [0.1, 0.15) is 12.1 Å². The zero-order valence-electron chi connectivity index (χ0n) is 18.7. The maximum atomic E-state index is 13.3. The zero-order valence-corrected chi connectivity index (χ0v) is 19.5. The quantitative estimate of drug-likeness (QED) is 0.332. The molecule has 4 N–H and O–H groups in total. The highest BCUT2D eigenvalue weighted by Crippen LogP contribution is 2.19. The Balaban J connectivity index is 2.40. The van der Waals surface area contributed by atoms with E-state index in [9.17, 15) is 38.4 Å². The molecule has 0 bridgehead atoms. The summed E-state index contributed by atoms with van der Waals surface area (Å²) in [6, 6.07) is 4.30. The van der Waals surface area contributed by atoms with E-state index in [1.165, 1.54) is 16.4 Å². The average molecular weight is 488 g/mol. The molecule has 2 unspecified atom stereocenters. The second-order valence-corrected chi connectivity index (χ2v) is 9.96. The Morgan fingerprint density at radius 2 is 1.21 bits per heavy atom. The summed E-state index contributed by atoms with van der Waals surface area (Å²) in [5.74, 6) is -2.29. The molecular formula is C21H33N3O8S. The molecular weight excluding hydrogens is 454 g/mol. The molecule has 2 atom stereocenters. The topological polar surface area (TPSA) is 159 Å². The largest absolute Gasteiger partial charge is 0.480 e. The van der Waals surface area contributed by atoms with E-state index in [2.05, 4.69) is 0 Å². The Labute approximate surface area is 193 Å². The summed E-state index contributed by atoms with van der Waals surface area (Å²) in [5.41, 5.74) is 0.900. The van der Waals surface area contributed by atoms with Crippen molar-refractivity contribution < 1.29 is 38.4 Å². The average Bonchev–Trinajstić information content (AvgIpc) is 2.86. The van der Waals surface area contributed by atoms with E-state index in [1.54, 1.807) is 21.9 Å². The van der Waals surface area contributed by atoms with Crippen molar-refractivity contribution in [2.45, 2.75) is 36.7 Å². The molecule has 1 aromatic rings. The summed E-state index contributed by atoms with van der Waals surface area (Å²) in [6.45, 7) is 1.70. The van der Waals surface area contributed by atoms with Crippen LogP contribution in [0.15, 0.2) is 29.2 Å². The minimum atomic E-state index is -3.91. The predicted molar refractivity (Wildman–Crippen MR) is 119 cm³/mol. The van der Waals surface area contributed by atoms with Gasteiger partial charge < -0.3 is 20.4 Å². The van der Waals surface area contributed by atoms with Crippen LogP contribution >= 0.6 is 0 Å². The molecule has 0 radical (unpaired) electrons. The highest BCUT2D eigenvalue weighted by Gasteiger charge is 2.33. The van der Waals surface area contributed by atoms with Gasteiger partial charge in [-0.2, -0.15) is 4.31 Å². The van der Waals surface area contributed by atoms with Gasteiger partial charge in [0, 0.05) is 52.5 Å². The van der Waals surface area contributed by atoms with Gasteiger partial charge in [-0.1, -0.05) is 17.7 Å². The maximum Gasteiger partial charge on any atom is 0.321 e. The Hall–Kier alpha value is -2.09. The number of aryl methyl sites for hydroxylation is 1. The number of hydrogen-bond donors (Lipinski definition) is 4. The van der Waals surface area contributed by atoms with Gasteiger partial charge in [0.05, 0.1) is 4.90 Å². The number of carboxylic acids is 2. The molecule has 11 nitrogen and oxygen atoms in total. The molecule has 0 aliphatic carbocycles. The fourth-order valence-electron chi connectivity index (χ4n) is 3.96. The summed E-state index contributed by atoms with van der Waals surface area (Å²) >= 11 is 0. The first-order valence-electron chi connectivity index (χ1n) is 10.8. The number of benzene rings is 1. The third-order valence-corrected chi connectivity index (χ3v) is 7.78. The van der Waals surface area contributed by atoms with E-state index in [0.29, 0.717) is 0 Å². The number of sulfonamides is 1. The maximum absolute atomic E-state index is 13.3. The van der Waals surface area contributed by atoms with Gasteiger partial charge >= 0.3 is 11.9 Å². The third kappa shape index (κ3) is 7.19. The lowest BCUT2D eigenvalue weighted by Gasteiger charge is -2.32. The zero-order chi connectivity index (χ0) is 24.6. The van der Waals surface area contributed by atoms with Crippen molar-refractivity contribution in [2.75, 3.05) is 52.5 Å². The van der Waals surface area contributed by atoms with E-state index in [1.807, 2.05) is 6.92 Å². The van der Waals surface area contributed by atoms with Crippen LogP contribution < -0.4 is 0 Å². The van der Waals surface area contributed by atoms with Crippen LogP contribution in [-0.2, 0) is 19.6 Å². The van der Waals surface area contributed by atoms with Crippen molar-refractivity contribution in [1.29, 1.82) is 0 Å². The van der Waals surface area contributed by atoms with Crippen molar-refractivity contribution in [3.8, 4) is 0 Å². The lowest BCUT2D eigenvalue weighted by molar-refractivity contribution is -0.146. The van der Waals surface area contributed by atoms with E-state index in [-0.39, 0.29) is 70.2 Å². The first-order chi connectivity index (χ1) is 15.6. The standard InChI is InChI=1S/C21H33N3O8S/c1-16-2-4-17(5-3-16)33(31,32)24-12-10-22(18(6-14-25)20(27)28)8-9-23(11-13-24)19(7-15-26)21(29)30/h2-5,18-19,25-26H,6-15H2,1H3,(H,27,28)(H,29,30). The van der Waals surface area contributed by atoms with Gasteiger partial charge in [-0.3, -0.25) is 19.4 Å². The van der Waals surface area contributed by atoms with Gasteiger partial charge in [0.2, 0.25) is 10.0 Å². The van der Waals surface area contributed by atoms with Crippen molar-refractivity contribution in [3.63, 3.8) is 0 Å². The summed E-state index contributed by atoms with van der Waals surface area (Å²) in [7, 11) is -3.91. The molecule has 1 fully saturated rings. The highest BCUT2D eigenvalue weighted by atomic mass is 32.2. The number of aliphatic hydroxyl groups is 2. The van der Waals surface area contributed by atoms with Crippen LogP contribution in [0.25, 0.3) is 0 Å². The van der Waals surface area contributed by atoms with E-state index in [4.69, 9.17) is 0 Å². The molecule has 1 saturated heterocycles. The SMILES string of the molecule is Cc1ccc(S(=O)(=O)N2CCN(C(CCO)C(=O)O)CCN(C(CCO)C(=O)O)CC2)cc1. The first kappa shape index (κ1) is 27.2. The van der Waals surface area contributed by atoms with Crippen molar-refractivity contribution in [2.24, 2.45) is 0 Å². The van der Waals surface area contributed by atoms with Gasteiger partial charge in [0.15, 0.2) is 0 Å². The summed E-state index contributed by atoms with van der Waals surface area (Å²) in [5, 5.41) is 37.9. The molecule has 12 heteroatoms. The number of carboxylic acid groups (broad SMARTS) is 2. The number of aliphatic carboxylic acids is 2. The first-order valence-corrected chi connectivity index (χ1v) is 12.3. The minimum absolute atomic E-state index is 0.0109. The van der Waals surface area contributed by atoms with Crippen LogP contribution in [0.1, 0.15) is 18.4 Å². The molecule has 1 aromatic carbocycles. The van der Waals surface area contributed by atoms with Gasteiger partial charge in [0.25, 0.3) is 0 Å². The molecule has 1 aliphatic heterocycles. The minimum Gasteiger partial charge on any atom is -0.480 e. The number of aliphatic hydroxyl groups excluding tert-OH is 2. The number of rotatable bonds is 10. The van der Waals surface area contributed by atoms with Gasteiger partial charge in [-0.25, -0.2) is 8.42 Å². The smallest absolute Gasteiger partial charge is 0.321 e. The summed E-state index contributed by atoms with van der Waals surface area (Å²) in [4.78, 5) is 26.8. The molecule has 1 heterocycles. The summed E-state index contributed by atoms with van der Waals surface area (Å²) < 4.78 is 27.9.